The molecular weight excluding hydrogens is 412 g/mol. The minimum Gasteiger partial charge on any atom is -0.355 e. The van der Waals surface area contributed by atoms with E-state index in [0.717, 1.165) is 22.4 Å². The van der Waals surface area contributed by atoms with Crippen molar-refractivity contribution < 1.29 is 9.59 Å². The first-order chi connectivity index (χ1) is 15.8. The van der Waals surface area contributed by atoms with Crippen LogP contribution in [-0.4, -0.2) is 28.3 Å². The number of amides is 2. The number of carbonyl (C=O) groups is 2. The number of hydrogen-bond donors (Lipinski definition) is 2. The average molecular weight is 443 g/mol. The van der Waals surface area contributed by atoms with Crippen molar-refractivity contribution in [2.75, 3.05) is 6.54 Å². The van der Waals surface area contributed by atoms with Crippen LogP contribution in [0, 0.1) is 25.7 Å². The molecular formula is C27H30N4O2. The molecule has 4 rings (SSSR count). The van der Waals surface area contributed by atoms with Gasteiger partial charge in [0.05, 0.1) is 30.0 Å². The van der Waals surface area contributed by atoms with Crippen LogP contribution in [0.2, 0.25) is 0 Å². The molecule has 0 aliphatic carbocycles. The molecule has 6 heteroatoms. The van der Waals surface area contributed by atoms with Crippen molar-refractivity contribution in [1.82, 2.24) is 20.6 Å². The van der Waals surface area contributed by atoms with Gasteiger partial charge in [-0.3, -0.25) is 19.6 Å². The smallest absolute Gasteiger partial charge is 0.251 e. The molecule has 2 atom stereocenters. The minimum absolute atomic E-state index is 0.0241. The monoisotopic (exact) mass is 442 g/mol. The first-order valence-electron chi connectivity index (χ1n) is 11.4. The molecule has 170 valence electrons. The SMILES string of the molecule is Cc1ccc(-c2cc(C(=O)NCc3cnc(C)cn3)cc([C@@H]3C(=O)NCC3C(C)C)c2)cc1. The first-order valence-corrected chi connectivity index (χ1v) is 11.4. The van der Waals surface area contributed by atoms with E-state index in [-0.39, 0.29) is 30.2 Å². The largest absolute Gasteiger partial charge is 0.355 e. The predicted octanol–water partition coefficient (Wildman–Crippen LogP) is 4.18. The summed E-state index contributed by atoms with van der Waals surface area (Å²) in [6.45, 7) is 9.13. The van der Waals surface area contributed by atoms with Crippen molar-refractivity contribution in [1.29, 1.82) is 0 Å². The van der Waals surface area contributed by atoms with Gasteiger partial charge in [0, 0.05) is 18.3 Å². The summed E-state index contributed by atoms with van der Waals surface area (Å²) in [5.41, 5.74) is 6.04. The van der Waals surface area contributed by atoms with Crippen LogP contribution in [0.5, 0.6) is 0 Å². The zero-order chi connectivity index (χ0) is 23.5. The van der Waals surface area contributed by atoms with Gasteiger partial charge in [0.1, 0.15) is 0 Å². The van der Waals surface area contributed by atoms with Crippen LogP contribution >= 0.6 is 0 Å². The fourth-order valence-electron chi connectivity index (χ4n) is 4.32. The van der Waals surface area contributed by atoms with Crippen LogP contribution in [0.3, 0.4) is 0 Å². The van der Waals surface area contributed by atoms with Gasteiger partial charge in [0.25, 0.3) is 5.91 Å². The Morgan fingerprint density at radius 2 is 1.82 bits per heavy atom. The summed E-state index contributed by atoms with van der Waals surface area (Å²) in [6, 6.07) is 14.0. The zero-order valence-electron chi connectivity index (χ0n) is 19.6. The highest BCUT2D eigenvalue weighted by atomic mass is 16.2. The Kier molecular flexibility index (Phi) is 6.54. The standard InChI is InChI=1S/C27H30N4O2/c1-16(2)24-15-31-27(33)25(24)21-9-20(19-7-5-17(3)6-8-19)10-22(11-21)26(32)30-14-23-13-28-18(4)12-29-23/h5-13,16,24-25H,14-15H2,1-4H3,(H,30,32)(H,31,33)/t24?,25-/m0/s1. The molecule has 0 spiro atoms. The Labute approximate surface area is 194 Å². The van der Waals surface area contributed by atoms with E-state index in [9.17, 15) is 9.59 Å². The molecule has 1 saturated heterocycles. The summed E-state index contributed by atoms with van der Waals surface area (Å²) in [5, 5.41) is 5.95. The molecule has 2 N–H and O–H groups in total. The number of hydrogen-bond acceptors (Lipinski definition) is 4. The summed E-state index contributed by atoms with van der Waals surface area (Å²) in [6.07, 6.45) is 3.35. The van der Waals surface area contributed by atoms with Gasteiger partial charge in [-0.05, 0) is 54.5 Å². The minimum atomic E-state index is -0.273. The van der Waals surface area contributed by atoms with Crippen LogP contribution in [-0.2, 0) is 11.3 Å². The average Bonchev–Trinajstić information content (AvgIpc) is 3.20. The Hall–Kier alpha value is -3.54. The Morgan fingerprint density at radius 3 is 2.48 bits per heavy atom. The van der Waals surface area contributed by atoms with E-state index in [1.54, 1.807) is 12.4 Å². The fourth-order valence-corrected chi connectivity index (χ4v) is 4.32. The molecule has 1 aliphatic heterocycles. The second-order valence-electron chi connectivity index (χ2n) is 9.17. The van der Waals surface area contributed by atoms with Gasteiger partial charge in [-0.1, -0.05) is 49.7 Å². The molecule has 0 bridgehead atoms. The van der Waals surface area contributed by atoms with E-state index < -0.39 is 0 Å². The third-order valence-corrected chi connectivity index (χ3v) is 6.30. The number of nitrogens with zero attached hydrogens (tertiary/aromatic N) is 2. The van der Waals surface area contributed by atoms with Crippen LogP contribution in [0.1, 0.15) is 52.6 Å². The second-order valence-corrected chi connectivity index (χ2v) is 9.17. The van der Waals surface area contributed by atoms with Crippen molar-refractivity contribution in [2.45, 2.75) is 40.2 Å². The maximum Gasteiger partial charge on any atom is 0.251 e. The lowest BCUT2D eigenvalue weighted by atomic mass is 9.80. The van der Waals surface area contributed by atoms with Crippen molar-refractivity contribution in [3.05, 3.63) is 82.9 Å². The van der Waals surface area contributed by atoms with E-state index in [2.05, 4.69) is 52.6 Å². The molecule has 3 aromatic rings. The molecule has 1 fully saturated rings. The first kappa shape index (κ1) is 22.6. The molecule has 2 amide bonds. The lowest BCUT2D eigenvalue weighted by Gasteiger charge is -2.22. The predicted molar refractivity (Wildman–Crippen MR) is 129 cm³/mol. The summed E-state index contributed by atoms with van der Waals surface area (Å²) < 4.78 is 0. The highest BCUT2D eigenvalue weighted by molar-refractivity contribution is 5.96. The number of aromatic nitrogens is 2. The van der Waals surface area contributed by atoms with Crippen molar-refractivity contribution in [3.8, 4) is 11.1 Å². The molecule has 2 aromatic carbocycles. The molecule has 1 unspecified atom stereocenters. The number of rotatable bonds is 6. The van der Waals surface area contributed by atoms with Gasteiger partial charge in [0.15, 0.2) is 0 Å². The van der Waals surface area contributed by atoms with Gasteiger partial charge in [-0.2, -0.15) is 0 Å². The molecule has 6 nitrogen and oxygen atoms in total. The Balaban J connectivity index is 1.69. The second kappa shape index (κ2) is 9.53. The normalized spacial score (nSPS) is 17.8. The van der Waals surface area contributed by atoms with Gasteiger partial charge >= 0.3 is 0 Å². The highest BCUT2D eigenvalue weighted by Gasteiger charge is 2.38. The number of nitrogens with one attached hydrogen (secondary N) is 2. The fraction of sp³-hybridized carbons (Fsp3) is 0.333. The van der Waals surface area contributed by atoms with Crippen LogP contribution in [0.4, 0.5) is 0 Å². The van der Waals surface area contributed by atoms with Gasteiger partial charge < -0.3 is 10.6 Å². The highest BCUT2D eigenvalue weighted by Crippen LogP contribution is 2.36. The Bertz CT molecular complexity index is 1150. The summed E-state index contributed by atoms with van der Waals surface area (Å²) in [4.78, 5) is 34.4. The summed E-state index contributed by atoms with van der Waals surface area (Å²) in [5.74, 6) is 0.0759. The number of aryl methyl sites for hydroxylation is 2. The van der Waals surface area contributed by atoms with E-state index >= 15 is 0 Å². The number of carbonyl (C=O) groups excluding carboxylic acids is 2. The number of benzene rings is 2. The lowest BCUT2D eigenvalue weighted by molar-refractivity contribution is -0.120. The van der Waals surface area contributed by atoms with Gasteiger partial charge in [-0.25, -0.2) is 0 Å². The molecule has 33 heavy (non-hydrogen) atoms. The lowest BCUT2D eigenvalue weighted by Crippen LogP contribution is -2.25. The van der Waals surface area contributed by atoms with Crippen molar-refractivity contribution >= 4 is 11.8 Å². The van der Waals surface area contributed by atoms with E-state index in [0.29, 0.717) is 23.7 Å². The van der Waals surface area contributed by atoms with E-state index in [1.165, 1.54) is 5.56 Å². The van der Waals surface area contributed by atoms with Crippen LogP contribution < -0.4 is 10.6 Å². The van der Waals surface area contributed by atoms with Crippen molar-refractivity contribution in [3.63, 3.8) is 0 Å². The van der Waals surface area contributed by atoms with Crippen molar-refractivity contribution in [2.24, 2.45) is 11.8 Å². The zero-order valence-corrected chi connectivity index (χ0v) is 19.6. The Morgan fingerprint density at radius 1 is 1.06 bits per heavy atom. The quantitative estimate of drug-likeness (QED) is 0.600. The topological polar surface area (TPSA) is 84.0 Å². The summed E-state index contributed by atoms with van der Waals surface area (Å²) >= 11 is 0. The maximum atomic E-state index is 13.1. The summed E-state index contributed by atoms with van der Waals surface area (Å²) in [7, 11) is 0. The van der Waals surface area contributed by atoms with E-state index in [1.807, 2.05) is 38.1 Å². The van der Waals surface area contributed by atoms with E-state index in [4.69, 9.17) is 0 Å². The van der Waals surface area contributed by atoms with Crippen LogP contribution in [0.25, 0.3) is 11.1 Å². The maximum absolute atomic E-state index is 13.1. The molecule has 2 heterocycles. The molecule has 0 radical (unpaired) electrons. The van der Waals surface area contributed by atoms with Gasteiger partial charge in [-0.15, -0.1) is 0 Å². The third-order valence-electron chi connectivity index (χ3n) is 6.30. The molecule has 0 saturated carbocycles. The van der Waals surface area contributed by atoms with Gasteiger partial charge in [0.2, 0.25) is 5.91 Å². The third kappa shape index (κ3) is 5.11. The van der Waals surface area contributed by atoms with Crippen LogP contribution in [0.15, 0.2) is 54.9 Å². The molecule has 1 aliphatic rings. The molecule has 1 aromatic heterocycles.